The minimum Gasteiger partial charge on any atom is -0.371 e. The van der Waals surface area contributed by atoms with Gasteiger partial charge in [0, 0.05) is 44.5 Å². The van der Waals surface area contributed by atoms with Gasteiger partial charge in [0.1, 0.15) is 0 Å². The fourth-order valence-corrected chi connectivity index (χ4v) is 4.45. The summed E-state index contributed by atoms with van der Waals surface area (Å²) in [6, 6.07) is 18.0. The smallest absolute Gasteiger partial charge is 0.261 e. The summed E-state index contributed by atoms with van der Waals surface area (Å²) in [5, 5.41) is 6.92. The van der Waals surface area contributed by atoms with Crippen LogP contribution in [0.25, 0.3) is 0 Å². The van der Waals surface area contributed by atoms with Crippen LogP contribution >= 0.6 is 0 Å². The van der Waals surface area contributed by atoms with Crippen molar-refractivity contribution in [3.05, 3.63) is 65.7 Å². The van der Waals surface area contributed by atoms with Gasteiger partial charge in [-0.25, -0.2) is 0 Å². The van der Waals surface area contributed by atoms with Crippen molar-refractivity contribution in [2.75, 3.05) is 37.6 Å². The van der Waals surface area contributed by atoms with Crippen LogP contribution in [-0.2, 0) is 0 Å². The van der Waals surface area contributed by atoms with E-state index in [0.717, 1.165) is 51.3 Å². The molecule has 174 valence electrons. The normalized spacial score (nSPS) is 16.8. The Kier molecular flexibility index (Phi) is 7.60. The van der Waals surface area contributed by atoms with Gasteiger partial charge >= 0.3 is 0 Å². The first kappa shape index (κ1) is 22.8. The topological polar surface area (TPSA) is 77.0 Å². The van der Waals surface area contributed by atoms with Gasteiger partial charge in [-0.05, 0) is 56.9 Å². The number of carbonyl (C=O) groups is 2. The number of piperidine rings is 1. The highest BCUT2D eigenvalue weighted by molar-refractivity contribution is 6.21. The largest absolute Gasteiger partial charge is 0.371 e. The van der Waals surface area contributed by atoms with Crippen molar-refractivity contribution in [1.29, 1.82) is 0 Å². The van der Waals surface area contributed by atoms with E-state index >= 15 is 0 Å². The molecular weight excluding hydrogens is 414 g/mol. The van der Waals surface area contributed by atoms with Crippen LogP contribution in [0.15, 0.2) is 59.6 Å². The molecule has 2 heterocycles. The third-order valence-electron chi connectivity index (χ3n) is 6.24. The number of amides is 2. The van der Waals surface area contributed by atoms with Crippen molar-refractivity contribution >= 4 is 23.5 Å². The van der Waals surface area contributed by atoms with Crippen molar-refractivity contribution < 1.29 is 9.59 Å². The van der Waals surface area contributed by atoms with Crippen LogP contribution < -0.4 is 15.5 Å². The summed E-state index contributed by atoms with van der Waals surface area (Å²) in [7, 11) is 0. The molecule has 2 amide bonds. The van der Waals surface area contributed by atoms with Crippen LogP contribution in [0.4, 0.5) is 5.69 Å². The minimum absolute atomic E-state index is 0.184. The van der Waals surface area contributed by atoms with Crippen LogP contribution in [0.1, 0.15) is 53.3 Å². The highest BCUT2D eigenvalue weighted by Crippen LogP contribution is 2.23. The number of para-hydroxylation sites is 1. The molecule has 1 saturated heterocycles. The molecule has 2 aliphatic heterocycles. The summed E-state index contributed by atoms with van der Waals surface area (Å²) >= 11 is 0. The number of rotatable bonds is 8. The zero-order valence-electron chi connectivity index (χ0n) is 19.3. The fraction of sp³-hybridized carbons (Fsp3) is 0.423. The van der Waals surface area contributed by atoms with E-state index in [0.29, 0.717) is 30.3 Å². The molecule has 0 atom stereocenters. The van der Waals surface area contributed by atoms with E-state index in [1.54, 1.807) is 24.3 Å². The zero-order chi connectivity index (χ0) is 23.0. The van der Waals surface area contributed by atoms with Gasteiger partial charge in [0.2, 0.25) is 0 Å². The van der Waals surface area contributed by atoms with Gasteiger partial charge in [-0.3, -0.25) is 19.5 Å². The molecule has 0 aromatic heterocycles. The predicted molar refractivity (Wildman–Crippen MR) is 132 cm³/mol. The maximum Gasteiger partial charge on any atom is 0.261 e. The number of benzene rings is 2. The Balaban J connectivity index is 1.21. The lowest BCUT2D eigenvalue weighted by Gasteiger charge is -2.34. The van der Waals surface area contributed by atoms with Gasteiger partial charge in [-0.2, -0.15) is 0 Å². The van der Waals surface area contributed by atoms with E-state index in [1.807, 2.05) is 0 Å². The molecule has 2 aliphatic rings. The number of unbranched alkanes of at least 4 members (excludes halogenated alkanes) is 1. The van der Waals surface area contributed by atoms with Crippen molar-refractivity contribution in [3.63, 3.8) is 0 Å². The minimum atomic E-state index is -0.184. The molecule has 0 radical (unpaired) electrons. The number of hydrogen-bond donors (Lipinski definition) is 2. The summed E-state index contributed by atoms with van der Waals surface area (Å²) < 4.78 is 0. The SMILES string of the molecule is CCNC(=NCCCCN1C(=O)c2ccccc2C1=O)NC1CCN(c2ccccc2)CC1. The first-order valence-electron chi connectivity index (χ1n) is 12.0. The Labute approximate surface area is 195 Å². The van der Waals surface area contributed by atoms with Crippen LogP contribution in [0.5, 0.6) is 0 Å². The van der Waals surface area contributed by atoms with Gasteiger partial charge in [0.15, 0.2) is 5.96 Å². The number of anilines is 1. The van der Waals surface area contributed by atoms with E-state index in [9.17, 15) is 9.59 Å². The number of imide groups is 1. The average molecular weight is 448 g/mol. The Morgan fingerprint density at radius 2 is 1.58 bits per heavy atom. The molecule has 4 rings (SSSR count). The molecule has 1 fully saturated rings. The second kappa shape index (κ2) is 11.0. The Morgan fingerprint density at radius 1 is 0.939 bits per heavy atom. The van der Waals surface area contributed by atoms with Gasteiger partial charge in [-0.15, -0.1) is 0 Å². The standard InChI is InChI=1S/C26H33N5O2/c1-2-27-26(29-20-14-18-30(19-15-20)21-10-4-3-5-11-21)28-16-8-9-17-31-24(32)22-12-6-7-13-23(22)25(31)33/h3-7,10-13,20H,2,8-9,14-19H2,1H3,(H2,27,28,29). The Morgan fingerprint density at radius 3 is 2.21 bits per heavy atom. The number of hydrogen-bond acceptors (Lipinski definition) is 4. The Bertz CT molecular complexity index is 948. The highest BCUT2D eigenvalue weighted by Gasteiger charge is 2.34. The molecule has 7 nitrogen and oxygen atoms in total. The first-order valence-corrected chi connectivity index (χ1v) is 12.0. The molecule has 0 saturated carbocycles. The zero-order valence-corrected chi connectivity index (χ0v) is 19.3. The van der Waals surface area contributed by atoms with Crippen LogP contribution in [0.3, 0.4) is 0 Å². The second-order valence-electron chi connectivity index (χ2n) is 8.52. The number of fused-ring (bicyclic) bond motifs is 1. The van der Waals surface area contributed by atoms with Crippen LogP contribution in [-0.4, -0.2) is 61.4 Å². The maximum absolute atomic E-state index is 12.5. The van der Waals surface area contributed by atoms with E-state index in [4.69, 9.17) is 4.99 Å². The summed E-state index contributed by atoms with van der Waals surface area (Å²) in [4.78, 5) is 33.4. The van der Waals surface area contributed by atoms with E-state index in [1.165, 1.54) is 10.6 Å². The third kappa shape index (κ3) is 5.53. The van der Waals surface area contributed by atoms with Crippen LogP contribution in [0, 0.1) is 0 Å². The van der Waals surface area contributed by atoms with Gasteiger partial charge < -0.3 is 15.5 Å². The lowest BCUT2D eigenvalue weighted by Crippen LogP contribution is -2.48. The number of nitrogens with zero attached hydrogens (tertiary/aromatic N) is 3. The van der Waals surface area contributed by atoms with E-state index in [-0.39, 0.29) is 11.8 Å². The second-order valence-corrected chi connectivity index (χ2v) is 8.52. The molecule has 0 bridgehead atoms. The van der Waals surface area contributed by atoms with Crippen LogP contribution in [0.2, 0.25) is 0 Å². The lowest BCUT2D eigenvalue weighted by atomic mass is 10.0. The number of nitrogens with one attached hydrogen (secondary N) is 2. The summed E-state index contributed by atoms with van der Waals surface area (Å²) in [5.74, 6) is 0.475. The fourth-order valence-electron chi connectivity index (χ4n) is 4.45. The molecule has 33 heavy (non-hydrogen) atoms. The molecule has 2 N–H and O–H groups in total. The molecule has 0 aliphatic carbocycles. The van der Waals surface area contributed by atoms with E-state index < -0.39 is 0 Å². The Hall–Kier alpha value is -3.35. The molecule has 2 aromatic carbocycles. The monoisotopic (exact) mass is 447 g/mol. The van der Waals surface area contributed by atoms with Crippen molar-refractivity contribution in [3.8, 4) is 0 Å². The summed E-state index contributed by atoms with van der Waals surface area (Å²) in [6.45, 7) is 6.02. The lowest BCUT2D eigenvalue weighted by molar-refractivity contribution is 0.0652. The van der Waals surface area contributed by atoms with Crippen molar-refractivity contribution in [2.45, 2.75) is 38.6 Å². The van der Waals surface area contributed by atoms with Gasteiger partial charge in [0.05, 0.1) is 11.1 Å². The number of aliphatic imine (C=N–C) groups is 1. The quantitative estimate of drug-likeness (QED) is 0.281. The first-order chi connectivity index (χ1) is 16.2. The van der Waals surface area contributed by atoms with Crippen molar-refractivity contribution in [1.82, 2.24) is 15.5 Å². The summed E-state index contributed by atoms with van der Waals surface area (Å²) in [6.07, 6.45) is 3.69. The average Bonchev–Trinajstić information content (AvgIpc) is 3.10. The third-order valence-corrected chi connectivity index (χ3v) is 6.24. The molecule has 0 spiro atoms. The maximum atomic E-state index is 12.5. The number of carbonyl (C=O) groups excluding carboxylic acids is 2. The van der Waals surface area contributed by atoms with Crippen molar-refractivity contribution in [2.24, 2.45) is 4.99 Å². The molecule has 0 unspecified atom stereocenters. The highest BCUT2D eigenvalue weighted by atomic mass is 16.2. The van der Waals surface area contributed by atoms with E-state index in [2.05, 4.69) is 52.8 Å². The van der Waals surface area contributed by atoms with Gasteiger partial charge in [-0.1, -0.05) is 30.3 Å². The predicted octanol–water partition coefficient (Wildman–Crippen LogP) is 3.29. The summed E-state index contributed by atoms with van der Waals surface area (Å²) in [5.41, 5.74) is 2.31. The molecule has 7 heteroatoms. The molecule has 2 aromatic rings. The molecular formula is C26H33N5O2. The van der Waals surface area contributed by atoms with Gasteiger partial charge in [0.25, 0.3) is 11.8 Å². The number of guanidine groups is 1.